The van der Waals surface area contributed by atoms with Gasteiger partial charge in [-0.2, -0.15) is 9.97 Å². The van der Waals surface area contributed by atoms with E-state index in [2.05, 4.69) is 20.3 Å². The number of nitrogen functional groups attached to an aromatic ring is 1. The van der Waals surface area contributed by atoms with E-state index in [-0.39, 0.29) is 29.1 Å². The van der Waals surface area contributed by atoms with Crippen molar-refractivity contribution in [1.82, 2.24) is 25.0 Å². The summed E-state index contributed by atoms with van der Waals surface area (Å²) in [6.45, 7) is 0.262. The number of fused-ring (bicyclic) bond motifs is 1. The Morgan fingerprint density at radius 2 is 2.22 bits per heavy atom. The summed E-state index contributed by atoms with van der Waals surface area (Å²) in [5.41, 5.74) is 6.88. The van der Waals surface area contributed by atoms with Crippen LogP contribution in [0.3, 0.4) is 0 Å². The van der Waals surface area contributed by atoms with Crippen LogP contribution in [0, 0.1) is 10.1 Å². The fourth-order valence-corrected chi connectivity index (χ4v) is 2.30. The first-order valence-electron chi connectivity index (χ1n) is 6.33. The van der Waals surface area contributed by atoms with E-state index in [0.29, 0.717) is 16.7 Å². The number of hydrogen-bond donors (Lipinski definition) is 1. The zero-order valence-electron chi connectivity index (χ0n) is 11.8. The molecule has 0 unspecified atom stereocenters. The lowest BCUT2D eigenvalue weighted by atomic mass is 10.2. The van der Waals surface area contributed by atoms with Crippen LogP contribution in [0.5, 0.6) is 5.75 Å². The predicted octanol–water partition coefficient (Wildman–Crippen LogP) is 1.42. The molecule has 0 atom stereocenters. The van der Waals surface area contributed by atoms with Gasteiger partial charge in [-0.3, -0.25) is 10.1 Å². The largest absolute Gasteiger partial charge is 0.490 e. The number of halogens is 1. The molecule has 2 heterocycles. The lowest BCUT2D eigenvalue weighted by Crippen LogP contribution is -2.05. The molecule has 23 heavy (non-hydrogen) atoms. The Labute approximate surface area is 134 Å². The van der Waals surface area contributed by atoms with Gasteiger partial charge < -0.3 is 10.5 Å². The summed E-state index contributed by atoms with van der Waals surface area (Å²) in [6.07, 6.45) is 0. The van der Waals surface area contributed by atoms with Gasteiger partial charge >= 0.3 is 5.69 Å². The van der Waals surface area contributed by atoms with Gasteiger partial charge in [0.1, 0.15) is 0 Å². The summed E-state index contributed by atoms with van der Waals surface area (Å²) >= 11 is 5.94. The molecule has 0 saturated heterocycles. The third kappa shape index (κ3) is 2.71. The van der Waals surface area contributed by atoms with E-state index in [1.807, 2.05) is 0 Å². The van der Waals surface area contributed by atoms with Crippen LogP contribution in [0.4, 0.5) is 11.6 Å². The highest BCUT2D eigenvalue weighted by atomic mass is 35.5. The molecule has 0 aliphatic rings. The molecular weight excluding hydrogens is 326 g/mol. The van der Waals surface area contributed by atoms with Crippen LogP contribution in [-0.2, 0) is 6.54 Å². The molecule has 0 bridgehead atoms. The van der Waals surface area contributed by atoms with Crippen molar-refractivity contribution in [1.29, 1.82) is 0 Å². The van der Waals surface area contributed by atoms with E-state index in [1.54, 1.807) is 12.1 Å². The summed E-state index contributed by atoms with van der Waals surface area (Å²) in [5, 5.41) is 18.9. The number of hydrogen-bond acceptors (Lipinski definition) is 8. The monoisotopic (exact) mass is 335 g/mol. The zero-order valence-corrected chi connectivity index (χ0v) is 12.6. The molecule has 2 aromatic heterocycles. The van der Waals surface area contributed by atoms with Gasteiger partial charge in [0.05, 0.1) is 18.6 Å². The van der Waals surface area contributed by atoms with Crippen molar-refractivity contribution in [3.05, 3.63) is 39.0 Å². The van der Waals surface area contributed by atoms with Crippen molar-refractivity contribution < 1.29 is 9.66 Å². The first-order valence-corrected chi connectivity index (χ1v) is 6.71. The van der Waals surface area contributed by atoms with E-state index in [4.69, 9.17) is 22.1 Å². The number of rotatable bonds is 4. The molecule has 0 spiro atoms. The number of benzene rings is 1. The standard InChI is InChI=1S/C12H10ClN7O3/c1-23-8-4-6(2-3-7(8)20(21)22)5-19-11-9(17-18-19)10(13)15-12(14)16-11/h2-4H,5H2,1H3,(H2,14,15,16). The SMILES string of the molecule is COc1cc(Cn2nnc3c(Cl)nc(N)nc32)ccc1[N+](=O)[O-]. The van der Waals surface area contributed by atoms with Crippen molar-refractivity contribution >= 4 is 34.4 Å². The van der Waals surface area contributed by atoms with Gasteiger partial charge in [0.25, 0.3) is 0 Å². The van der Waals surface area contributed by atoms with Gasteiger partial charge in [0, 0.05) is 6.07 Å². The Hall–Kier alpha value is -3.01. The number of nitro groups is 1. The molecule has 0 amide bonds. The number of anilines is 1. The maximum atomic E-state index is 10.9. The van der Waals surface area contributed by atoms with Crippen molar-refractivity contribution in [2.45, 2.75) is 6.54 Å². The fourth-order valence-electron chi connectivity index (χ4n) is 2.09. The highest BCUT2D eigenvalue weighted by Crippen LogP contribution is 2.28. The number of ether oxygens (including phenoxy) is 1. The molecule has 10 nitrogen and oxygen atoms in total. The molecule has 0 radical (unpaired) electrons. The van der Waals surface area contributed by atoms with E-state index in [1.165, 1.54) is 17.9 Å². The molecule has 0 aliphatic heterocycles. The van der Waals surface area contributed by atoms with Gasteiger partial charge in [-0.15, -0.1) is 5.10 Å². The maximum Gasteiger partial charge on any atom is 0.310 e. The Morgan fingerprint density at radius 1 is 1.43 bits per heavy atom. The van der Waals surface area contributed by atoms with Crippen LogP contribution >= 0.6 is 11.6 Å². The van der Waals surface area contributed by atoms with Crippen LogP contribution in [0.1, 0.15) is 5.56 Å². The third-order valence-electron chi connectivity index (χ3n) is 3.11. The van der Waals surface area contributed by atoms with Crippen LogP contribution in [0.25, 0.3) is 11.2 Å². The molecule has 0 aliphatic carbocycles. The topological polar surface area (TPSA) is 135 Å². The highest BCUT2D eigenvalue weighted by molar-refractivity contribution is 6.33. The molecule has 2 N–H and O–H groups in total. The fraction of sp³-hybridized carbons (Fsp3) is 0.167. The minimum absolute atomic E-state index is 0.00679. The Bertz CT molecular complexity index is 911. The molecule has 3 aromatic rings. The maximum absolute atomic E-state index is 10.9. The molecule has 0 fully saturated rings. The molecule has 11 heteroatoms. The van der Waals surface area contributed by atoms with Crippen LogP contribution in [-0.4, -0.2) is 37.0 Å². The summed E-state index contributed by atoms with van der Waals surface area (Å²) in [7, 11) is 1.37. The van der Waals surface area contributed by atoms with E-state index in [9.17, 15) is 10.1 Å². The minimum atomic E-state index is -0.513. The van der Waals surface area contributed by atoms with Gasteiger partial charge in [-0.05, 0) is 11.6 Å². The summed E-state index contributed by atoms with van der Waals surface area (Å²) in [5.74, 6) is 0.163. The van der Waals surface area contributed by atoms with E-state index >= 15 is 0 Å². The average molecular weight is 336 g/mol. The molecular formula is C12H10ClN7O3. The smallest absolute Gasteiger partial charge is 0.310 e. The van der Waals surface area contributed by atoms with Crippen molar-refractivity contribution in [3.8, 4) is 5.75 Å². The van der Waals surface area contributed by atoms with Crippen molar-refractivity contribution in [2.24, 2.45) is 0 Å². The lowest BCUT2D eigenvalue weighted by molar-refractivity contribution is -0.385. The summed E-state index contributed by atoms with van der Waals surface area (Å²) in [4.78, 5) is 18.3. The predicted molar refractivity (Wildman–Crippen MR) is 81.3 cm³/mol. The molecule has 0 saturated carbocycles. The molecule has 3 rings (SSSR count). The number of aromatic nitrogens is 5. The van der Waals surface area contributed by atoms with Crippen LogP contribution < -0.4 is 10.5 Å². The summed E-state index contributed by atoms with van der Waals surface area (Å²) < 4.78 is 6.51. The third-order valence-corrected chi connectivity index (χ3v) is 3.37. The lowest BCUT2D eigenvalue weighted by Gasteiger charge is -2.06. The Morgan fingerprint density at radius 3 is 2.91 bits per heavy atom. The zero-order chi connectivity index (χ0) is 16.6. The quantitative estimate of drug-likeness (QED) is 0.429. The Kier molecular flexibility index (Phi) is 3.66. The first-order chi connectivity index (χ1) is 11.0. The normalized spacial score (nSPS) is 10.9. The van der Waals surface area contributed by atoms with E-state index < -0.39 is 4.92 Å². The number of nitrogens with zero attached hydrogens (tertiary/aromatic N) is 6. The van der Waals surface area contributed by atoms with Crippen LogP contribution in [0.2, 0.25) is 5.15 Å². The first kappa shape index (κ1) is 14.9. The van der Waals surface area contributed by atoms with Gasteiger partial charge in [0.2, 0.25) is 5.95 Å². The number of nitro benzene ring substituents is 1. The number of methoxy groups -OCH3 is 1. The highest BCUT2D eigenvalue weighted by Gasteiger charge is 2.17. The second kappa shape index (κ2) is 5.65. The van der Waals surface area contributed by atoms with Crippen molar-refractivity contribution in [3.63, 3.8) is 0 Å². The second-order valence-electron chi connectivity index (χ2n) is 4.56. The average Bonchev–Trinajstić information content (AvgIpc) is 2.90. The van der Waals surface area contributed by atoms with Crippen molar-refractivity contribution in [2.75, 3.05) is 12.8 Å². The van der Waals surface area contributed by atoms with Crippen LogP contribution in [0.15, 0.2) is 18.2 Å². The molecule has 118 valence electrons. The minimum Gasteiger partial charge on any atom is -0.490 e. The second-order valence-corrected chi connectivity index (χ2v) is 4.91. The van der Waals surface area contributed by atoms with Gasteiger partial charge in [0.15, 0.2) is 22.1 Å². The summed E-state index contributed by atoms with van der Waals surface area (Å²) in [6, 6.07) is 4.52. The van der Waals surface area contributed by atoms with E-state index in [0.717, 1.165) is 0 Å². The molecule has 1 aromatic carbocycles. The number of nitrogens with two attached hydrogens (primary N) is 1. The Balaban J connectivity index is 2.01. The van der Waals surface area contributed by atoms with Gasteiger partial charge in [-0.25, -0.2) is 4.68 Å². The van der Waals surface area contributed by atoms with Gasteiger partial charge in [-0.1, -0.05) is 22.9 Å².